The summed E-state index contributed by atoms with van der Waals surface area (Å²) in [6, 6.07) is 5.38. The highest BCUT2D eigenvalue weighted by Crippen LogP contribution is 2.20. The minimum absolute atomic E-state index is 0.00824. The van der Waals surface area contributed by atoms with Gasteiger partial charge in [-0.15, -0.1) is 0 Å². The Morgan fingerprint density at radius 3 is 2.94 bits per heavy atom. The Hall–Kier alpha value is -1.77. The Morgan fingerprint density at radius 2 is 2.28 bits per heavy atom. The Kier molecular flexibility index (Phi) is 4.03. The molecule has 2 rings (SSSR count). The molecule has 0 aliphatic heterocycles. The molecule has 0 atom stereocenters. The van der Waals surface area contributed by atoms with Gasteiger partial charge < -0.3 is 11.1 Å². The molecule has 96 valence electrons. The van der Waals surface area contributed by atoms with Crippen LogP contribution in [0.5, 0.6) is 0 Å². The number of allylic oxidation sites excluding steroid dienone is 1. The van der Waals surface area contributed by atoms with E-state index in [2.05, 4.69) is 11.4 Å². The van der Waals surface area contributed by atoms with Crippen molar-refractivity contribution in [1.82, 2.24) is 5.32 Å². The molecule has 1 amide bonds. The van der Waals surface area contributed by atoms with E-state index >= 15 is 0 Å². The highest BCUT2D eigenvalue weighted by Gasteiger charge is 2.09. The third kappa shape index (κ3) is 3.13. The lowest BCUT2D eigenvalue weighted by molar-refractivity contribution is 0.0953. The second kappa shape index (κ2) is 5.71. The number of rotatable bonds is 4. The number of carbonyl (C=O) groups excluding carboxylic acids is 1. The fraction of sp³-hybridized carbons (Fsp3) is 0.400. The minimum atomic E-state index is -0.00824. The molecular formula is C15H20N2O. The maximum atomic E-state index is 12.0. The van der Waals surface area contributed by atoms with Crippen LogP contribution in [0.1, 0.15) is 41.6 Å². The molecular weight excluding hydrogens is 224 g/mol. The van der Waals surface area contributed by atoms with Crippen LogP contribution in [0.3, 0.4) is 0 Å². The van der Waals surface area contributed by atoms with Crippen molar-refractivity contribution in [2.75, 3.05) is 12.3 Å². The Balaban J connectivity index is 1.87. The van der Waals surface area contributed by atoms with Gasteiger partial charge in [-0.1, -0.05) is 11.6 Å². The molecule has 1 aromatic carbocycles. The van der Waals surface area contributed by atoms with Crippen molar-refractivity contribution in [3.8, 4) is 0 Å². The van der Waals surface area contributed by atoms with Gasteiger partial charge >= 0.3 is 0 Å². The van der Waals surface area contributed by atoms with Crippen molar-refractivity contribution in [3.05, 3.63) is 41.0 Å². The van der Waals surface area contributed by atoms with Gasteiger partial charge in [0.1, 0.15) is 0 Å². The van der Waals surface area contributed by atoms with Crippen LogP contribution in [0.2, 0.25) is 0 Å². The smallest absolute Gasteiger partial charge is 0.251 e. The lowest BCUT2D eigenvalue weighted by atomic mass is 10.1. The molecule has 0 aromatic heterocycles. The van der Waals surface area contributed by atoms with Gasteiger partial charge in [-0.3, -0.25) is 4.79 Å². The lowest BCUT2D eigenvalue weighted by Gasteiger charge is -2.08. The van der Waals surface area contributed by atoms with Crippen LogP contribution in [-0.2, 0) is 0 Å². The first-order valence-electron chi connectivity index (χ1n) is 6.49. The van der Waals surface area contributed by atoms with Crippen LogP contribution in [0.25, 0.3) is 0 Å². The molecule has 3 N–H and O–H groups in total. The van der Waals surface area contributed by atoms with E-state index in [-0.39, 0.29) is 5.91 Å². The lowest BCUT2D eigenvalue weighted by Crippen LogP contribution is -2.25. The zero-order valence-corrected chi connectivity index (χ0v) is 10.8. The molecule has 1 aliphatic rings. The van der Waals surface area contributed by atoms with Gasteiger partial charge in [0, 0.05) is 17.8 Å². The molecule has 0 spiro atoms. The predicted octanol–water partition coefficient (Wildman–Crippen LogP) is 2.81. The van der Waals surface area contributed by atoms with E-state index in [1.54, 1.807) is 12.1 Å². The van der Waals surface area contributed by atoms with E-state index in [9.17, 15) is 4.79 Å². The Labute approximate surface area is 108 Å². The van der Waals surface area contributed by atoms with E-state index in [0.717, 1.165) is 12.0 Å². The molecule has 0 saturated heterocycles. The fourth-order valence-electron chi connectivity index (χ4n) is 2.34. The van der Waals surface area contributed by atoms with Crippen LogP contribution >= 0.6 is 0 Å². The highest BCUT2D eigenvalue weighted by molar-refractivity contribution is 5.95. The topological polar surface area (TPSA) is 55.1 Å². The summed E-state index contributed by atoms with van der Waals surface area (Å²) in [6.07, 6.45) is 6.91. The minimum Gasteiger partial charge on any atom is -0.399 e. The number of carbonyl (C=O) groups is 1. The molecule has 0 fully saturated rings. The van der Waals surface area contributed by atoms with Crippen molar-refractivity contribution in [2.24, 2.45) is 0 Å². The average Bonchev–Trinajstić information content (AvgIpc) is 2.81. The third-order valence-corrected chi connectivity index (χ3v) is 3.36. The Morgan fingerprint density at radius 1 is 1.44 bits per heavy atom. The first-order valence-corrected chi connectivity index (χ1v) is 6.49. The number of nitrogen functional groups attached to an aromatic ring is 1. The molecule has 1 aromatic rings. The monoisotopic (exact) mass is 244 g/mol. The Bertz CT molecular complexity index is 477. The van der Waals surface area contributed by atoms with Crippen molar-refractivity contribution in [3.63, 3.8) is 0 Å². The molecule has 0 bridgehead atoms. The van der Waals surface area contributed by atoms with E-state index in [0.29, 0.717) is 17.8 Å². The van der Waals surface area contributed by atoms with Gasteiger partial charge in [0.2, 0.25) is 0 Å². The summed E-state index contributed by atoms with van der Waals surface area (Å²) < 4.78 is 0. The van der Waals surface area contributed by atoms with Crippen LogP contribution < -0.4 is 11.1 Å². The summed E-state index contributed by atoms with van der Waals surface area (Å²) in [6.45, 7) is 2.62. The molecule has 0 heterocycles. The summed E-state index contributed by atoms with van der Waals surface area (Å²) in [5, 5.41) is 2.97. The quantitative estimate of drug-likeness (QED) is 0.632. The van der Waals surface area contributed by atoms with Crippen molar-refractivity contribution in [1.29, 1.82) is 0 Å². The highest BCUT2D eigenvalue weighted by atomic mass is 16.1. The fourth-order valence-corrected chi connectivity index (χ4v) is 2.34. The zero-order valence-electron chi connectivity index (χ0n) is 10.8. The first kappa shape index (κ1) is 12.7. The number of hydrogen-bond donors (Lipinski definition) is 2. The van der Waals surface area contributed by atoms with E-state index in [1.165, 1.54) is 24.8 Å². The van der Waals surface area contributed by atoms with Gasteiger partial charge in [-0.05, 0) is 56.4 Å². The summed E-state index contributed by atoms with van der Waals surface area (Å²) in [5.41, 5.74) is 9.48. The number of hydrogen-bond acceptors (Lipinski definition) is 2. The summed E-state index contributed by atoms with van der Waals surface area (Å²) >= 11 is 0. The van der Waals surface area contributed by atoms with Gasteiger partial charge in [0.15, 0.2) is 0 Å². The number of anilines is 1. The summed E-state index contributed by atoms with van der Waals surface area (Å²) in [7, 11) is 0. The van der Waals surface area contributed by atoms with Gasteiger partial charge in [0.25, 0.3) is 5.91 Å². The number of benzene rings is 1. The van der Waals surface area contributed by atoms with Crippen LogP contribution in [0, 0.1) is 6.92 Å². The second-order valence-electron chi connectivity index (χ2n) is 4.83. The predicted molar refractivity (Wildman–Crippen MR) is 74.5 cm³/mol. The number of aryl methyl sites for hydroxylation is 1. The standard InChI is InChI=1S/C15H20N2O/c1-11-10-13(16)6-7-14(11)15(18)17-9-8-12-4-2-3-5-12/h4,6-7,10H,2-3,5,8-9,16H2,1H3,(H,17,18). The molecule has 3 heteroatoms. The normalized spacial score (nSPS) is 14.4. The van der Waals surface area contributed by atoms with Crippen LogP contribution in [0.4, 0.5) is 5.69 Å². The number of nitrogens with one attached hydrogen (secondary N) is 1. The molecule has 18 heavy (non-hydrogen) atoms. The van der Waals surface area contributed by atoms with Crippen molar-refractivity contribution in [2.45, 2.75) is 32.6 Å². The largest absolute Gasteiger partial charge is 0.399 e. The van der Waals surface area contributed by atoms with E-state index in [4.69, 9.17) is 5.73 Å². The molecule has 0 saturated carbocycles. The zero-order chi connectivity index (χ0) is 13.0. The molecule has 0 unspecified atom stereocenters. The van der Waals surface area contributed by atoms with E-state index in [1.807, 2.05) is 13.0 Å². The molecule has 3 nitrogen and oxygen atoms in total. The number of nitrogens with two attached hydrogens (primary N) is 1. The van der Waals surface area contributed by atoms with E-state index < -0.39 is 0 Å². The van der Waals surface area contributed by atoms with Crippen molar-refractivity contribution < 1.29 is 4.79 Å². The second-order valence-corrected chi connectivity index (χ2v) is 4.83. The third-order valence-electron chi connectivity index (χ3n) is 3.36. The van der Waals surface area contributed by atoms with Gasteiger partial charge in [0.05, 0.1) is 0 Å². The van der Waals surface area contributed by atoms with Gasteiger partial charge in [-0.2, -0.15) is 0 Å². The first-order chi connectivity index (χ1) is 8.66. The van der Waals surface area contributed by atoms with Crippen molar-refractivity contribution >= 4 is 11.6 Å². The molecule has 1 aliphatic carbocycles. The summed E-state index contributed by atoms with van der Waals surface area (Å²) in [5.74, 6) is -0.00824. The summed E-state index contributed by atoms with van der Waals surface area (Å²) in [4.78, 5) is 12.0. The average molecular weight is 244 g/mol. The maximum absolute atomic E-state index is 12.0. The molecule has 0 radical (unpaired) electrons. The number of amides is 1. The van der Waals surface area contributed by atoms with Gasteiger partial charge in [-0.25, -0.2) is 0 Å². The maximum Gasteiger partial charge on any atom is 0.251 e. The van der Waals surface area contributed by atoms with Crippen LogP contribution in [0.15, 0.2) is 29.8 Å². The van der Waals surface area contributed by atoms with Crippen LogP contribution in [-0.4, -0.2) is 12.5 Å². The SMILES string of the molecule is Cc1cc(N)ccc1C(=O)NCCC1=CCCC1.